The fraction of sp³-hybridized carbons (Fsp3) is 0.267. The number of benzene rings is 3. The molecule has 1 saturated heterocycles. The molecule has 6 N–H and O–H groups in total. The molecule has 1 aliphatic rings. The molecule has 5 rings (SSSR count). The zero-order valence-electron chi connectivity index (χ0n) is 22.1. The van der Waals surface area contributed by atoms with Crippen LogP contribution in [0.4, 0.5) is 0 Å². The Morgan fingerprint density at radius 1 is 1.02 bits per heavy atom. The highest BCUT2D eigenvalue weighted by Gasteiger charge is 2.28. The molecule has 1 aliphatic heterocycles. The van der Waals surface area contributed by atoms with Crippen LogP contribution in [0.2, 0.25) is 0 Å². The van der Waals surface area contributed by atoms with Crippen LogP contribution in [-0.4, -0.2) is 55.8 Å². The van der Waals surface area contributed by atoms with Gasteiger partial charge in [-0.05, 0) is 60.1 Å². The van der Waals surface area contributed by atoms with Crippen molar-refractivity contribution in [2.24, 2.45) is 11.7 Å². The van der Waals surface area contributed by atoms with E-state index in [0.717, 1.165) is 47.0 Å². The van der Waals surface area contributed by atoms with Crippen LogP contribution in [0.15, 0.2) is 90.0 Å². The number of guanidine groups is 1. The van der Waals surface area contributed by atoms with Gasteiger partial charge < -0.3 is 20.9 Å². The van der Waals surface area contributed by atoms with E-state index in [-0.39, 0.29) is 23.2 Å². The normalized spacial score (nSPS) is 16.5. The molecule has 0 aliphatic carbocycles. The summed E-state index contributed by atoms with van der Waals surface area (Å²) in [4.78, 5) is 18.6. The smallest absolute Gasteiger partial charge is 0.241 e. The third kappa shape index (κ3) is 6.35. The van der Waals surface area contributed by atoms with Crippen LogP contribution in [0.3, 0.4) is 0 Å². The lowest BCUT2D eigenvalue weighted by Crippen LogP contribution is -2.51. The highest BCUT2D eigenvalue weighted by molar-refractivity contribution is 7.89. The van der Waals surface area contributed by atoms with E-state index < -0.39 is 22.0 Å². The molecule has 0 bridgehead atoms. The van der Waals surface area contributed by atoms with Gasteiger partial charge in [0.05, 0.1) is 4.90 Å². The summed E-state index contributed by atoms with van der Waals surface area (Å²) in [6, 6.07) is 23.1. The predicted octanol–water partition coefficient (Wildman–Crippen LogP) is 3.45. The molecule has 4 aromatic rings. The highest BCUT2D eigenvalue weighted by atomic mass is 32.2. The van der Waals surface area contributed by atoms with E-state index in [4.69, 9.17) is 11.1 Å². The van der Waals surface area contributed by atoms with Crippen molar-refractivity contribution in [2.75, 3.05) is 19.6 Å². The number of aromatic nitrogens is 1. The van der Waals surface area contributed by atoms with Gasteiger partial charge in [-0.3, -0.25) is 10.2 Å². The Kier molecular flexibility index (Phi) is 8.18. The molecule has 1 aromatic heterocycles. The number of rotatable bonds is 9. The average molecular weight is 559 g/mol. The van der Waals surface area contributed by atoms with Gasteiger partial charge in [0.15, 0.2) is 5.96 Å². The fourth-order valence-electron chi connectivity index (χ4n) is 5.24. The number of carbonyl (C=O) groups is 1. The minimum absolute atomic E-state index is 0.0271. The molecule has 2 atom stereocenters. The number of carbonyl (C=O) groups excluding carboxylic acids is 1. The van der Waals surface area contributed by atoms with Gasteiger partial charge in [-0.2, -0.15) is 4.72 Å². The van der Waals surface area contributed by atoms with Crippen molar-refractivity contribution in [1.82, 2.24) is 19.9 Å². The summed E-state index contributed by atoms with van der Waals surface area (Å²) >= 11 is 0. The van der Waals surface area contributed by atoms with Gasteiger partial charge >= 0.3 is 0 Å². The zero-order valence-corrected chi connectivity index (χ0v) is 23.0. The monoisotopic (exact) mass is 558 g/mol. The van der Waals surface area contributed by atoms with Gasteiger partial charge in [-0.15, -0.1) is 0 Å². The van der Waals surface area contributed by atoms with Crippen molar-refractivity contribution < 1.29 is 13.2 Å². The number of H-pyrrole nitrogens is 1. The summed E-state index contributed by atoms with van der Waals surface area (Å²) in [6.45, 7) is 1.69. The first kappa shape index (κ1) is 27.4. The summed E-state index contributed by atoms with van der Waals surface area (Å²) in [5.74, 6) is -0.244. The van der Waals surface area contributed by atoms with E-state index in [2.05, 4.69) is 15.0 Å². The van der Waals surface area contributed by atoms with Gasteiger partial charge in [-0.1, -0.05) is 60.7 Å². The number of nitrogens with zero attached hydrogens (tertiary/aromatic N) is 1. The second-order valence-corrected chi connectivity index (χ2v) is 11.9. The number of likely N-dealkylation sites (tertiary alicyclic amines) is 1. The molecule has 9 nitrogen and oxygen atoms in total. The van der Waals surface area contributed by atoms with E-state index in [9.17, 15) is 13.2 Å². The maximum absolute atomic E-state index is 13.5. The fourth-order valence-corrected chi connectivity index (χ4v) is 6.43. The molecule has 1 amide bonds. The summed E-state index contributed by atoms with van der Waals surface area (Å²) in [6.07, 6.45) is 3.78. The van der Waals surface area contributed by atoms with E-state index in [1.807, 2.05) is 60.8 Å². The Labute approximate surface area is 234 Å². The number of hydrogen-bond donors (Lipinski definition) is 5. The number of sulfonamides is 1. The van der Waals surface area contributed by atoms with Crippen LogP contribution in [0.1, 0.15) is 18.4 Å². The Bertz CT molecular complexity index is 1580. The minimum atomic E-state index is -4.00. The second kappa shape index (κ2) is 11.9. The van der Waals surface area contributed by atoms with Gasteiger partial charge in [-0.25, -0.2) is 8.42 Å². The van der Waals surface area contributed by atoms with Crippen molar-refractivity contribution >= 4 is 32.8 Å². The van der Waals surface area contributed by atoms with E-state index in [0.29, 0.717) is 13.1 Å². The molecule has 1 fully saturated rings. The summed E-state index contributed by atoms with van der Waals surface area (Å²) in [5, 5.41) is 11.6. The zero-order chi connectivity index (χ0) is 28.1. The Morgan fingerprint density at radius 2 is 1.73 bits per heavy atom. The van der Waals surface area contributed by atoms with Crippen molar-refractivity contribution in [3.8, 4) is 11.1 Å². The predicted molar refractivity (Wildman–Crippen MR) is 157 cm³/mol. The van der Waals surface area contributed by atoms with Crippen molar-refractivity contribution in [1.29, 1.82) is 5.41 Å². The molecule has 0 saturated carbocycles. The Hall–Kier alpha value is -4.15. The third-order valence-electron chi connectivity index (χ3n) is 7.41. The lowest BCUT2D eigenvalue weighted by atomic mass is 9.98. The van der Waals surface area contributed by atoms with Gasteiger partial charge in [0.25, 0.3) is 0 Å². The third-order valence-corrected chi connectivity index (χ3v) is 8.90. The molecule has 40 heavy (non-hydrogen) atoms. The highest BCUT2D eigenvalue weighted by Crippen LogP contribution is 2.23. The first-order valence-corrected chi connectivity index (χ1v) is 14.9. The van der Waals surface area contributed by atoms with Crippen LogP contribution in [-0.2, 0) is 21.2 Å². The van der Waals surface area contributed by atoms with Gasteiger partial charge in [0, 0.05) is 36.7 Å². The number of hydrogen-bond acceptors (Lipinski definition) is 4. The van der Waals surface area contributed by atoms with E-state index >= 15 is 0 Å². The summed E-state index contributed by atoms with van der Waals surface area (Å²) in [7, 11) is -4.00. The maximum Gasteiger partial charge on any atom is 0.241 e. The van der Waals surface area contributed by atoms with Crippen LogP contribution >= 0.6 is 0 Å². The molecular formula is C30H34N6O3S. The van der Waals surface area contributed by atoms with E-state index in [1.165, 1.54) is 0 Å². The summed E-state index contributed by atoms with van der Waals surface area (Å²) < 4.78 is 29.6. The molecular weight excluding hydrogens is 524 g/mol. The minimum Gasteiger partial charge on any atom is -0.370 e. The van der Waals surface area contributed by atoms with Crippen LogP contribution in [0.5, 0.6) is 0 Å². The Balaban J connectivity index is 1.34. The number of aromatic amines is 1. The number of amides is 1. The van der Waals surface area contributed by atoms with Gasteiger partial charge in [0.2, 0.25) is 15.9 Å². The number of piperidine rings is 1. The van der Waals surface area contributed by atoms with E-state index in [1.54, 1.807) is 29.2 Å². The molecule has 10 heteroatoms. The first-order valence-electron chi connectivity index (χ1n) is 13.4. The molecule has 2 heterocycles. The Morgan fingerprint density at radius 3 is 2.48 bits per heavy atom. The first-order chi connectivity index (χ1) is 19.3. The molecule has 3 aromatic carbocycles. The molecule has 208 valence electrons. The standard InChI is InChI=1S/C30H34N6O3S/c31-30(32)36-16-6-7-21(20-36)18-34-29(37)28(17-24-19-33-27-11-5-4-10-26(24)27)35-40(38,39)25-14-12-23(13-15-25)22-8-2-1-3-9-22/h1-5,8-15,19,21,28,33,35H,6-7,16-18,20H2,(H3,31,32)(H,34,37)/t21?,28-/m1/s1. The topological polar surface area (TPSA) is 144 Å². The SMILES string of the molecule is N=C(N)N1CCCC(CNC(=O)[C@@H](Cc2c[nH]c3ccccc23)NS(=O)(=O)c2ccc(-c3ccccc3)cc2)C1. The number of nitrogens with two attached hydrogens (primary N) is 1. The molecule has 0 radical (unpaired) electrons. The van der Waals surface area contributed by atoms with Crippen molar-refractivity contribution in [3.63, 3.8) is 0 Å². The van der Waals surface area contributed by atoms with Crippen LogP contribution < -0.4 is 15.8 Å². The summed E-state index contributed by atoms with van der Waals surface area (Å²) in [5.41, 5.74) is 9.32. The maximum atomic E-state index is 13.5. The number of para-hydroxylation sites is 1. The molecule has 0 spiro atoms. The largest absolute Gasteiger partial charge is 0.370 e. The van der Waals surface area contributed by atoms with Crippen molar-refractivity contribution in [3.05, 3.63) is 90.6 Å². The van der Waals surface area contributed by atoms with Crippen LogP contribution in [0, 0.1) is 11.3 Å². The molecule has 1 unspecified atom stereocenters. The van der Waals surface area contributed by atoms with Crippen molar-refractivity contribution in [2.45, 2.75) is 30.2 Å². The van der Waals surface area contributed by atoms with Crippen LogP contribution in [0.25, 0.3) is 22.0 Å². The average Bonchev–Trinajstić information content (AvgIpc) is 3.39. The number of fused-ring (bicyclic) bond motifs is 1. The lowest BCUT2D eigenvalue weighted by Gasteiger charge is -2.33. The number of nitrogens with one attached hydrogen (secondary N) is 4. The second-order valence-electron chi connectivity index (χ2n) is 10.2. The quantitative estimate of drug-likeness (QED) is 0.158. The lowest BCUT2D eigenvalue weighted by molar-refractivity contribution is -0.122. The van der Waals surface area contributed by atoms with Gasteiger partial charge in [0.1, 0.15) is 6.04 Å².